The van der Waals surface area contributed by atoms with E-state index in [2.05, 4.69) is 10.2 Å². The molecule has 34 heavy (non-hydrogen) atoms. The summed E-state index contributed by atoms with van der Waals surface area (Å²) in [5.41, 5.74) is 0.875. The molecule has 8 heteroatoms. The molecule has 2 aliphatic heterocycles. The van der Waals surface area contributed by atoms with Crippen LogP contribution in [0.3, 0.4) is 0 Å². The van der Waals surface area contributed by atoms with Crippen LogP contribution >= 0.6 is 11.6 Å². The predicted molar refractivity (Wildman–Crippen MR) is 127 cm³/mol. The molecule has 0 bridgehead atoms. The molecule has 0 aliphatic carbocycles. The van der Waals surface area contributed by atoms with E-state index in [0.29, 0.717) is 55.2 Å². The Hall–Kier alpha value is -2.45. The number of furan rings is 1. The number of fused-ring (bicyclic) bond motifs is 1. The molecule has 6 nitrogen and oxygen atoms in total. The quantitative estimate of drug-likeness (QED) is 0.532. The van der Waals surface area contributed by atoms with Gasteiger partial charge in [0.1, 0.15) is 11.4 Å². The Morgan fingerprint density at radius 3 is 2.79 bits per heavy atom. The Balaban J connectivity index is 1.24. The van der Waals surface area contributed by atoms with E-state index in [9.17, 15) is 14.3 Å². The van der Waals surface area contributed by atoms with Gasteiger partial charge < -0.3 is 19.6 Å². The van der Waals surface area contributed by atoms with Gasteiger partial charge in [0, 0.05) is 48.8 Å². The van der Waals surface area contributed by atoms with Gasteiger partial charge in [-0.1, -0.05) is 23.7 Å². The number of halogens is 2. The van der Waals surface area contributed by atoms with Crippen LogP contribution < -0.4 is 5.32 Å². The molecule has 1 amide bonds. The first-order chi connectivity index (χ1) is 16.4. The van der Waals surface area contributed by atoms with Crippen molar-refractivity contribution in [2.45, 2.75) is 43.9 Å². The summed E-state index contributed by atoms with van der Waals surface area (Å²) in [7, 11) is 0. The van der Waals surface area contributed by atoms with Crippen molar-refractivity contribution >= 4 is 28.5 Å². The highest BCUT2D eigenvalue weighted by atomic mass is 35.5. The number of ether oxygens (including phenoxy) is 1. The summed E-state index contributed by atoms with van der Waals surface area (Å²) in [6, 6.07) is 12.0. The summed E-state index contributed by atoms with van der Waals surface area (Å²) in [6.45, 7) is 2.84. The summed E-state index contributed by atoms with van der Waals surface area (Å²) >= 11 is 6.17. The molecule has 1 aromatic heterocycles. The number of carbonyl (C=O) groups is 1. The highest BCUT2D eigenvalue weighted by molar-refractivity contribution is 6.31. The summed E-state index contributed by atoms with van der Waals surface area (Å²) in [5, 5.41) is 15.4. The molecule has 0 radical (unpaired) electrons. The number of aliphatic hydroxyl groups is 1. The molecule has 3 heterocycles. The SMILES string of the molecule is O=C(NC[C@H]1CCCO1)c1cc2cc(C3(O)CCN(Cc4c(F)cccc4Cl)CC3)ccc2o1. The fourth-order valence-electron chi connectivity index (χ4n) is 4.82. The number of amides is 1. The molecule has 2 saturated heterocycles. The number of nitrogens with one attached hydrogen (secondary N) is 1. The Kier molecular flexibility index (Phi) is 6.62. The standard InChI is InChI=1S/C26H28ClFN2O4/c27-21-4-1-5-22(28)20(21)16-30-10-8-26(32,9-11-30)18-6-7-23-17(13-18)14-24(34-23)25(31)29-15-19-3-2-12-33-19/h1,4-7,13-14,19,32H,2-3,8-12,15-16H2,(H,29,31)/t19-/m1/s1. The highest BCUT2D eigenvalue weighted by Gasteiger charge is 2.34. The number of carbonyl (C=O) groups excluding carboxylic acids is 1. The number of piperidine rings is 1. The largest absolute Gasteiger partial charge is 0.451 e. The van der Waals surface area contributed by atoms with Gasteiger partial charge in [0.05, 0.1) is 11.7 Å². The summed E-state index contributed by atoms with van der Waals surface area (Å²) < 4.78 is 25.4. The molecule has 2 N–H and O–H groups in total. The van der Waals surface area contributed by atoms with E-state index in [1.54, 1.807) is 24.3 Å². The lowest BCUT2D eigenvalue weighted by atomic mass is 9.84. The average molecular weight is 487 g/mol. The van der Waals surface area contributed by atoms with Crippen LogP contribution in [0.25, 0.3) is 11.0 Å². The normalized spacial score (nSPS) is 20.6. The molecule has 5 rings (SSSR count). The van der Waals surface area contributed by atoms with E-state index < -0.39 is 5.60 Å². The third-order valence-corrected chi connectivity index (χ3v) is 7.27. The second-order valence-electron chi connectivity index (χ2n) is 9.22. The maximum atomic E-state index is 14.2. The smallest absolute Gasteiger partial charge is 0.287 e. The van der Waals surface area contributed by atoms with Crippen molar-refractivity contribution in [3.63, 3.8) is 0 Å². The van der Waals surface area contributed by atoms with E-state index in [0.717, 1.165) is 30.4 Å². The summed E-state index contributed by atoms with van der Waals surface area (Å²) in [4.78, 5) is 14.6. The third-order valence-electron chi connectivity index (χ3n) is 6.92. The van der Waals surface area contributed by atoms with E-state index in [-0.39, 0.29) is 23.6 Å². The number of hydrogen-bond donors (Lipinski definition) is 2. The summed E-state index contributed by atoms with van der Waals surface area (Å²) in [5.74, 6) is -0.338. The molecule has 2 aromatic carbocycles. The van der Waals surface area contributed by atoms with Crippen molar-refractivity contribution < 1.29 is 23.4 Å². The Morgan fingerprint density at radius 1 is 1.24 bits per heavy atom. The van der Waals surface area contributed by atoms with Crippen LogP contribution in [0, 0.1) is 5.82 Å². The zero-order chi connectivity index (χ0) is 23.7. The molecule has 2 aliphatic rings. The maximum Gasteiger partial charge on any atom is 0.287 e. The van der Waals surface area contributed by atoms with Gasteiger partial charge in [0.2, 0.25) is 0 Å². The first-order valence-electron chi connectivity index (χ1n) is 11.7. The first kappa shape index (κ1) is 23.3. The molecule has 3 aromatic rings. The first-order valence-corrected chi connectivity index (χ1v) is 12.1. The van der Waals surface area contributed by atoms with Crippen LogP contribution in [-0.2, 0) is 16.9 Å². The van der Waals surface area contributed by atoms with E-state index in [1.807, 2.05) is 12.1 Å². The Morgan fingerprint density at radius 2 is 2.06 bits per heavy atom. The predicted octanol–water partition coefficient (Wildman–Crippen LogP) is 4.62. The van der Waals surface area contributed by atoms with Gasteiger partial charge in [-0.15, -0.1) is 0 Å². The summed E-state index contributed by atoms with van der Waals surface area (Å²) in [6.07, 6.45) is 3.06. The average Bonchev–Trinajstić information content (AvgIpc) is 3.51. The van der Waals surface area contributed by atoms with Crippen molar-refractivity contribution in [3.05, 3.63) is 70.2 Å². The number of rotatable bonds is 6. The van der Waals surface area contributed by atoms with Crippen LogP contribution in [0.15, 0.2) is 46.9 Å². The van der Waals surface area contributed by atoms with Crippen molar-refractivity contribution in [1.82, 2.24) is 10.2 Å². The highest BCUT2D eigenvalue weighted by Crippen LogP contribution is 2.36. The van der Waals surface area contributed by atoms with Gasteiger partial charge >= 0.3 is 0 Å². The van der Waals surface area contributed by atoms with Crippen LogP contribution in [0.4, 0.5) is 4.39 Å². The van der Waals surface area contributed by atoms with Crippen LogP contribution in [0.1, 0.15) is 47.4 Å². The van der Waals surface area contributed by atoms with Crippen LogP contribution in [0.2, 0.25) is 5.02 Å². The van der Waals surface area contributed by atoms with Crippen molar-refractivity contribution in [3.8, 4) is 0 Å². The molecular weight excluding hydrogens is 459 g/mol. The maximum absolute atomic E-state index is 14.2. The fourth-order valence-corrected chi connectivity index (χ4v) is 5.04. The Bertz CT molecular complexity index is 1160. The number of hydrogen-bond acceptors (Lipinski definition) is 5. The van der Waals surface area contributed by atoms with Gasteiger partial charge in [-0.05, 0) is 61.6 Å². The zero-order valence-corrected chi connectivity index (χ0v) is 19.6. The number of benzene rings is 2. The monoisotopic (exact) mass is 486 g/mol. The minimum atomic E-state index is -0.997. The van der Waals surface area contributed by atoms with Gasteiger partial charge in [0.25, 0.3) is 5.91 Å². The molecule has 0 saturated carbocycles. The van der Waals surface area contributed by atoms with Gasteiger partial charge in [0.15, 0.2) is 5.76 Å². The van der Waals surface area contributed by atoms with Crippen molar-refractivity contribution in [1.29, 1.82) is 0 Å². The minimum Gasteiger partial charge on any atom is -0.451 e. The molecule has 2 fully saturated rings. The van der Waals surface area contributed by atoms with E-state index in [4.69, 9.17) is 20.8 Å². The van der Waals surface area contributed by atoms with Crippen LogP contribution in [-0.4, -0.2) is 48.3 Å². The Labute approximate surface area is 202 Å². The zero-order valence-electron chi connectivity index (χ0n) is 18.9. The second-order valence-corrected chi connectivity index (χ2v) is 9.62. The number of nitrogens with zero attached hydrogens (tertiary/aromatic N) is 1. The molecule has 180 valence electrons. The number of likely N-dealkylation sites (tertiary alicyclic amines) is 1. The molecule has 1 atom stereocenters. The second kappa shape index (κ2) is 9.66. The lowest BCUT2D eigenvalue weighted by molar-refractivity contribution is -0.0278. The molecule has 0 unspecified atom stereocenters. The van der Waals surface area contributed by atoms with Gasteiger partial charge in [-0.2, -0.15) is 0 Å². The molecule has 0 spiro atoms. The van der Waals surface area contributed by atoms with Crippen LogP contribution in [0.5, 0.6) is 0 Å². The van der Waals surface area contributed by atoms with E-state index in [1.165, 1.54) is 6.07 Å². The van der Waals surface area contributed by atoms with Crippen molar-refractivity contribution in [2.75, 3.05) is 26.2 Å². The van der Waals surface area contributed by atoms with E-state index >= 15 is 0 Å². The molecular formula is C26H28ClFN2O4. The van der Waals surface area contributed by atoms with Crippen molar-refractivity contribution in [2.24, 2.45) is 0 Å². The van der Waals surface area contributed by atoms with Gasteiger partial charge in [-0.25, -0.2) is 4.39 Å². The van der Waals surface area contributed by atoms with Gasteiger partial charge in [-0.3, -0.25) is 9.69 Å². The topological polar surface area (TPSA) is 74.9 Å². The third kappa shape index (κ3) is 4.84. The lowest BCUT2D eigenvalue weighted by Gasteiger charge is -2.38. The lowest BCUT2D eigenvalue weighted by Crippen LogP contribution is -2.42. The minimum absolute atomic E-state index is 0.0643. The fraction of sp³-hybridized carbons (Fsp3) is 0.423.